The summed E-state index contributed by atoms with van der Waals surface area (Å²) in [6, 6.07) is 5.28. The number of thioether (sulfide) groups is 1. The maximum atomic E-state index is 12.3. The molecule has 0 bridgehead atoms. The number of rotatable bonds is 3. The van der Waals surface area contributed by atoms with Gasteiger partial charge < -0.3 is 0 Å². The lowest BCUT2D eigenvalue weighted by molar-refractivity contribution is -0.137. The van der Waals surface area contributed by atoms with E-state index in [0.717, 1.165) is 12.1 Å². The molecule has 4 heteroatoms. The van der Waals surface area contributed by atoms with Gasteiger partial charge in [0.1, 0.15) is 0 Å². The lowest BCUT2D eigenvalue weighted by Crippen LogP contribution is -2.04. The molecule has 0 aliphatic rings. The van der Waals surface area contributed by atoms with E-state index in [-0.39, 0.29) is 0 Å². The molecule has 0 radical (unpaired) electrons. The molecule has 0 spiro atoms. The van der Waals surface area contributed by atoms with Crippen molar-refractivity contribution in [1.82, 2.24) is 0 Å². The molecular formula is C10H9F3S. The van der Waals surface area contributed by atoms with Crippen molar-refractivity contribution in [1.29, 1.82) is 0 Å². The normalized spacial score (nSPS) is 11.4. The van der Waals surface area contributed by atoms with E-state index in [1.54, 1.807) is 12.1 Å². The van der Waals surface area contributed by atoms with Crippen LogP contribution >= 0.6 is 11.8 Å². The summed E-state index contributed by atoms with van der Waals surface area (Å²) in [4.78, 5) is 0.611. The summed E-state index contributed by atoms with van der Waals surface area (Å²) < 4.78 is 36.8. The van der Waals surface area contributed by atoms with Gasteiger partial charge in [-0.2, -0.15) is 13.2 Å². The summed E-state index contributed by atoms with van der Waals surface area (Å²) in [6.45, 7) is 3.50. The van der Waals surface area contributed by atoms with Crippen LogP contribution in [0.4, 0.5) is 13.2 Å². The van der Waals surface area contributed by atoms with Crippen molar-refractivity contribution in [2.45, 2.75) is 11.1 Å². The molecule has 0 atom stereocenters. The predicted octanol–water partition coefficient (Wildman–Crippen LogP) is 3.98. The molecule has 0 aliphatic carbocycles. The summed E-state index contributed by atoms with van der Waals surface area (Å²) in [6.07, 6.45) is -2.60. The fourth-order valence-corrected chi connectivity index (χ4v) is 1.61. The molecule has 0 amide bonds. The Balaban J connectivity index is 2.84. The zero-order valence-corrected chi connectivity index (χ0v) is 8.16. The van der Waals surface area contributed by atoms with E-state index in [2.05, 4.69) is 6.58 Å². The van der Waals surface area contributed by atoms with E-state index in [0.29, 0.717) is 10.6 Å². The van der Waals surface area contributed by atoms with E-state index in [9.17, 15) is 13.2 Å². The molecule has 0 unspecified atom stereocenters. The molecule has 0 aromatic heterocycles. The van der Waals surface area contributed by atoms with Crippen molar-refractivity contribution in [2.75, 3.05) is 5.75 Å². The van der Waals surface area contributed by atoms with Crippen LogP contribution in [0.3, 0.4) is 0 Å². The molecule has 0 aliphatic heterocycles. The molecule has 1 aromatic carbocycles. The maximum absolute atomic E-state index is 12.3. The first-order chi connectivity index (χ1) is 6.54. The Morgan fingerprint density at radius 1 is 1.36 bits per heavy atom. The van der Waals surface area contributed by atoms with Crippen LogP contribution in [0.25, 0.3) is 0 Å². The molecule has 0 heterocycles. The topological polar surface area (TPSA) is 0 Å². The molecule has 14 heavy (non-hydrogen) atoms. The average molecular weight is 218 g/mol. The standard InChI is InChI=1S/C10H9F3S/c1-2-6-14-9-5-3-4-8(7-9)10(11,12)13/h2-5,7H,1,6H2. The Morgan fingerprint density at radius 3 is 2.64 bits per heavy atom. The van der Waals surface area contributed by atoms with Crippen LogP contribution in [0.15, 0.2) is 41.8 Å². The lowest BCUT2D eigenvalue weighted by atomic mass is 10.2. The smallest absolute Gasteiger partial charge is 0.166 e. The van der Waals surface area contributed by atoms with Crippen LogP contribution in [0.1, 0.15) is 5.56 Å². The molecule has 1 rings (SSSR count). The third kappa shape index (κ3) is 3.10. The Kier molecular flexibility index (Phi) is 3.63. The van der Waals surface area contributed by atoms with E-state index < -0.39 is 11.7 Å². The Hall–Kier alpha value is -0.900. The second-order valence-electron chi connectivity index (χ2n) is 2.63. The van der Waals surface area contributed by atoms with Crippen LogP contribution < -0.4 is 0 Å². The number of alkyl halides is 3. The van der Waals surface area contributed by atoms with Gasteiger partial charge in [-0.1, -0.05) is 12.1 Å². The molecule has 1 aromatic rings. The first-order valence-electron chi connectivity index (χ1n) is 3.95. The van der Waals surface area contributed by atoms with Crippen molar-refractivity contribution in [3.05, 3.63) is 42.5 Å². The summed E-state index contributed by atoms with van der Waals surface area (Å²) in [5, 5.41) is 0. The van der Waals surface area contributed by atoms with Gasteiger partial charge in [-0.3, -0.25) is 0 Å². The first kappa shape index (κ1) is 11.2. The molecule has 0 saturated carbocycles. The van der Waals surface area contributed by atoms with Gasteiger partial charge >= 0.3 is 6.18 Å². The molecular weight excluding hydrogens is 209 g/mol. The van der Waals surface area contributed by atoms with Crippen molar-refractivity contribution in [3.8, 4) is 0 Å². The highest BCUT2D eigenvalue weighted by Crippen LogP contribution is 2.31. The molecule has 0 saturated heterocycles. The van der Waals surface area contributed by atoms with Gasteiger partial charge in [0.2, 0.25) is 0 Å². The van der Waals surface area contributed by atoms with Crippen LogP contribution in [-0.2, 0) is 6.18 Å². The Morgan fingerprint density at radius 2 is 2.07 bits per heavy atom. The second kappa shape index (κ2) is 4.55. The van der Waals surface area contributed by atoms with Crippen LogP contribution in [0.2, 0.25) is 0 Å². The van der Waals surface area contributed by atoms with Gasteiger partial charge in [0.25, 0.3) is 0 Å². The van der Waals surface area contributed by atoms with Gasteiger partial charge in [-0.15, -0.1) is 18.3 Å². The maximum Gasteiger partial charge on any atom is 0.416 e. The number of benzene rings is 1. The summed E-state index contributed by atoms with van der Waals surface area (Å²) in [5.41, 5.74) is -0.605. The van der Waals surface area contributed by atoms with Crippen molar-refractivity contribution >= 4 is 11.8 Å². The van der Waals surface area contributed by atoms with Gasteiger partial charge in [0, 0.05) is 10.6 Å². The zero-order valence-electron chi connectivity index (χ0n) is 7.34. The molecule has 0 nitrogen and oxygen atoms in total. The highest BCUT2D eigenvalue weighted by atomic mass is 32.2. The van der Waals surface area contributed by atoms with Crippen LogP contribution in [0.5, 0.6) is 0 Å². The SMILES string of the molecule is C=CCSc1cccc(C(F)(F)F)c1. The third-order valence-electron chi connectivity index (χ3n) is 1.53. The van der Waals surface area contributed by atoms with Crippen molar-refractivity contribution in [3.63, 3.8) is 0 Å². The lowest BCUT2D eigenvalue weighted by Gasteiger charge is -2.07. The van der Waals surface area contributed by atoms with E-state index in [1.807, 2.05) is 0 Å². The fourth-order valence-electron chi connectivity index (χ4n) is 0.917. The second-order valence-corrected chi connectivity index (χ2v) is 3.72. The fraction of sp³-hybridized carbons (Fsp3) is 0.200. The van der Waals surface area contributed by atoms with Crippen molar-refractivity contribution in [2.24, 2.45) is 0 Å². The monoisotopic (exact) mass is 218 g/mol. The largest absolute Gasteiger partial charge is 0.416 e. The zero-order chi connectivity index (χ0) is 10.6. The van der Waals surface area contributed by atoms with Gasteiger partial charge in [0.05, 0.1) is 5.56 Å². The van der Waals surface area contributed by atoms with Gasteiger partial charge in [0.15, 0.2) is 0 Å². The van der Waals surface area contributed by atoms with E-state index >= 15 is 0 Å². The summed E-state index contributed by atoms with van der Waals surface area (Å²) in [5.74, 6) is 0.612. The molecule has 76 valence electrons. The van der Waals surface area contributed by atoms with Crippen LogP contribution in [-0.4, -0.2) is 5.75 Å². The first-order valence-corrected chi connectivity index (χ1v) is 4.93. The van der Waals surface area contributed by atoms with Gasteiger partial charge in [-0.05, 0) is 18.2 Å². The third-order valence-corrected chi connectivity index (χ3v) is 2.52. The summed E-state index contributed by atoms with van der Waals surface area (Å²) in [7, 11) is 0. The minimum Gasteiger partial charge on any atom is -0.166 e. The Labute approximate surface area is 84.8 Å². The van der Waals surface area contributed by atoms with Crippen LogP contribution in [0, 0.1) is 0 Å². The molecule has 0 fully saturated rings. The number of hydrogen-bond donors (Lipinski definition) is 0. The Bertz CT molecular complexity index is 317. The minimum atomic E-state index is -4.26. The highest BCUT2D eigenvalue weighted by molar-refractivity contribution is 7.99. The van der Waals surface area contributed by atoms with Gasteiger partial charge in [-0.25, -0.2) is 0 Å². The minimum absolute atomic E-state index is 0.605. The predicted molar refractivity (Wildman–Crippen MR) is 52.4 cm³/mol. The van der Waals surface area contributed by atoms with E-state index in [4.69, 9.17) is 0 Å². The quantitative estimate of drug-likeness (QED) is 0.546. The van der Waals surface area contributed by atoms with E-state index in [1.165, 1.54) is 17.8 Å². The average Bonchev–Trinajstić information content (AvgIpc) is 2.14. The van der Waals surface area contributed by atoms with Crippen molar-refractivity contribution < 1.29 is 13.2 Å². The molecule has 0 N–H and O–H groups in total. The summed E-state index contributed by atoms with van der Waals surface area (Å²) >= 11 is 1.33. The number of hydrogen-bond acceptors (Lipinski definition) is 1. The number of halogens is 3. The highest BCUT2D eigenvalue weighted by Gasteiger charge is 2.30.